The van der Waals surface area contributed by atoms with Crippen LogP contribution in [0.2, 0.25) is 0 Å². The largest absolute Gasteiger partial charge is 0.479 e. The number of aliphatic carboxylic acids is 1. The second kappa shape index (κ2) is 3.70. The van der Waals surface area contributed by atoms with Gasteiger partial charge in [-0.1, -0.05) is 0 Å². The van der Waals surface area contributed by atoms with E-state index >= 15 is 0 Å². The fourth-order valence-electron chi connectivity index (χ4n) is 1.60. The molecule has 1 saturated carbocycles. The van der Waals surface area contributed by atoms with E-state index in [9.17, 15) is 4.79 Å². The van der Waals surface area contributed by atoms with Crippen LogP contribution in [0.1, 0.15) is 25.5 Å². The Morgan fingerprint density at radius 3 is 2.93 bits per heavy atom. The summed E-state index contributed by atoms with van der Waals surface area (Å²) >= 11 is 0. The van der Waals surface area contributed by atoms with Gasteiger partial charge in [0.2, 0.25) is 0 Å². The van der Waals surface area contributed by atoms with Crippen molar-refractivity contribution in [1.82, 2.24) is 0 Å². The average molecular weight is 210 g/mol. The summed E-state index contributed by atoms with van der Waals surface area (Å²) in [7, 11) is 0. The first-order valence-corrected chi connectivity index (χ1v) is 5.02. The van der Waals surface area contributed by atoms with Gasteiger partial charge in [-0.15, -0.1) is 0 Å². The van der Waals surface area contributed by atoms with Crippen LogP contribution in [0.25, 0.3) is 0 Å². The number of hydrogen-bond donors (Lipinski definition) is 1. The Morgan fingerprint density at radius 1 is 1.73 bits per heavy atom. The molecule has 0 aromatic carbocycles. The molecule has 4 heteroatoms. The van der Waals surface area contributed by atoms with Crippen molar-refractivity contribution < 1.29 is 19.1 Å². The molecule has 0 radical (unpaired) electrons. The highest BCUT2D eigenvalue weighted by Crippen LogP contribution is 2.42. The van der Waals surface area contributed by atoms with Gasteiger partial charge in [0.15, 0.2) is 5.60 Å². The number of carbonyl (C=O) groups is 1. The van der Waals surface area contributed by atoms with Crippen LogP contribution >= 0.6 is 0 Å². The molecule has 0 amide bonds. The third-order valence-corrected chi connectivity index (χ3v) is 2.88. The Balaban J connectivity index is 1.98. The number of carboxylic acids is 1. The summed E-state index contributed by atoms with van der Waals surface area (Å²) in [6.45, 7) is 1.85. The van der Waals surface area contributed by atoms with E-state index in [0.29, 0.717) is 5.76 Å². The lowest BCUT2D eigenvalue weighted by Gasteiger charge is -2.24. The lowest BCUT2D eigenvalue weighted by molar-refractivity contribution is -0.169. The maximum atomic E-state index is 11.1. The minimum Gasteiger partial charge on any atom is -0.479 e. The maximum Gasteiger partial charge on any atom is 0.335 e. The average Bonchev–Trinajstić information content (AvgIpc) is 2.93. The van der Waals surface area contributed by atoms with Gasteiger partial charge in [-0.3, -0.25) is 0 Å². The molecule has 0 bridgehead atoms. The van der Waals surface area contributed by atoms with E-state index in [2.05, 4.69) is 0 Å². The molecular weight excluding hydrogens is 196 g/mol. The van der Waals surface area contributed by atoms with Crippen LogP contribution in [0.4, 0.5) is 0 Å². The standard InChI is InChI=1S/C11H14O4/c1-11(10(12)13,8-4-5-8)15-7-9-3-2-6-14-9/h2-3,6,8H,4-5,7H2,1H3,(H,12,13). The third kappa shape index (κ3) is 2.04. The van der Waals surface area contributed by atoms with Crippen LogP contribution in [-0.2, 0) is 16.1 Å². The van der Waals surface area contributed by atoms with E-state index in [-0.39, 0.29) is 12.5 Å². The van der Waals surface area contributed by atoms with E-state index in [4.69, 9.17) is 14.3 Å². The highest BCUT2D eigenvalue weighted by atomic mass is 16.5. The van der Waals surface area contributed by atoms with Gasteiger partial charge < -0.3 is 14.3 Å². The summed E-state index contributed by atoms with van der Waals surface area (Å²) < 4.78 is 10.6. The Bertz CT molecular complexity index is 339. The molecule has 2 rings (SSSR count). The molecule has 1 aliphatic rings. The van der Waals surface area contributed by atoms with E-state index < -0.39 is 11.6 Å². The Labute approximate surface area is 87.8 Å². The fourth-order valence-corrected chi connectivity index (χ4v) is 1.60. The van der Waals surface area contributed by atoms with E-state index in [1.807, 2.05) is 0 Å². The fraction of sp³-hybridized carbons (Fsp3) is 0.545. The van der Waals surface area contributed by atoms with Gasteiger partial charge in [-0.05, 0) is 37.8 Å². The molecule has 1 unspecified atom stereocenters. The highest BCUT2D eigenvalue weighted by molar-refractivity contribution is 5.77. The summed E-state index contributed by atoms with van der Waals surface area (Å²) in [6.07, 6.45) is 3.41. The van der Waals surface area contributed by atoms with Gasteiger partial charge in [-0.2, -0.15) is 0 Å². The number of rotatable bonds is 5. The molecule has 4 nitrogen and oxygen atoms in total. The molecule has 0 saturated heterocycles. The summed E-state index contributed by atoms with van der Waals surface area (Å²) in [4.78, 5) is 11.1. The topological polar surface area (TPSA) is 59.7 Å². The second-order valence-corrected chi connectivity index (χ2v) is 4.05. The molecule has 0 spiro atoms. The zero-order chi connectivity index (χ0) is 10.9. The number of furan rings is 1. The normalized spacial score (nSPS) is 19.8. The number of carboxylic acid groups (broad SMARTS) is 1. The molecule has 1 heterocycles. The van der Waals surface area contributed by atoms with E-state index in [1.54, 1.807) is 25.3 Å². The van der Waals surface area contributed by atoms with Crippen molar-refractivity contribution >= 4 is 5.97 Å². The van der Waals surface area contributed by atoms with Crippen LogP contribution in [0.5, 0.6) is 0 Å². The molecule has 15 heavy (non-hydrogen) atoms. The second-order valence-electron chi connectivity index (χ2n) is 4.05. The molecule has 1 fully saturated rings. The van der Waals surface area contributed by atoms with Crippen molar-refractivity contribution in [2.45, 2.75) is 32.0 Å². The molecule has 1 aliphatic carbocycles. The van der Waals surface area contributed by atoms with Gasteiger partial charge >= 0.3 is 5.97 Å². The summed E-state index contributed by atoms with van der Waals surface area (Å²) in [5.41, 5.74) is -1.06. The van der Waals surface area contributed by atoms with Crippen molar-refractivity contribution in [3.8, 4) is 0 Å². The molecule has 1 N–H and O–H groups in total. The van der Waals surface area contributed by atoms with Crippen LogP contribution in [0.15, 0.2) is 22.8 Å². The molecule has 1 atom stereocenters. The van der Waals surface area contributed by atoms with Gasteiger partial charge in [0, 0.05) is 0 Å². The Hall–Kier alpha value is -1.29. The number of ether oxygens (including phenoxy) is 1. The van der Waals surface area contributed by atoms with Crippen molar-refractivity contribution in [3.05, 3.63) is 24.2 Å². The predicted octanol–water partition coefficient (Wildman–Crippen LogP) is 2.05. The Kier molecular flexibility index (Phi) is 2.52. The third-order valence-electron chi connectivity index (χ3n) is 2.88. The van der Waals surface area contributed by atoms with Crippen LogP contribution in [-0.4, -0.2) is 16.7 Å². The number of hydrogen-bond acceptors (Lipinski definition) is 3. The van der Waals surface area contributed by atoms with Crippen molar-refractivity contribution in [2.75, 3.05) is 0 Å². The summed E-state index contributed by atoms with van der Waals surface area (Å²) in [6, 6.07) is 3.53. The monoisotopic (exact) mass is 210 g/mol. The van der Waals surface area contributed by atoms with Crippen LogP contribution in [0.3, 0.4) is 0 Å². The highest BCUT2D eigenvalue weighted by Gasteiger charge is 2.48. The lowest BCUT2D eigenvalue weighted by Crippen LogP contribution is -2.40. The summed E-state index contributed by atoms with van der Waals surface area (Å²) in [5, 5.41) is 9.12. The SMILES string of the molecule is CC(OCc1ccco1)(C(=O)O)C1CC1. The van der Waals surface area contributed by atoms with Gasteiger partial charge in [0.25, 0.3) is 0 Å². The zero-order valence-electron chi connectivity index (χ0n) is 8.60. The van der Waals surface area contributed by atoms with Crippen LogP contribution in [0, 0.1) is 5.92 Å². The van der Waals surface area contributed by atoms with E-state index in [0.717, 1.165) is 12.8 Å². The minimum atomic E-state index is -1.06. The molecular formula is C11H14O4. The van der Waals surface area contributed by atoms with Gasteiger partial charge in [-0.25, -0.2) is 4.79 Å². The first-order chi connectivity index (χ1) is 7.13. The van der Waals surface area contributed by atoms with Crippen LogP contribution < -0.4 is 0 Å². The maximum absolute atomic E-state index is 11.1. The zero-order valence-corrected chi connectivity index (χ0v) is 8.60. The minimum absolute atomic E-state index is 0.143. The van der Waals surface area contributed by atoms with Crippen molar-refractivity contribution in [2.24, 2.45) is 5.92 Å². The first kappa shape index (κ1) is 10.2. The Morgan fingerprint density at radius 2 is 2.47 bits per heavy atom. The van der Waals surface area contributed by atoms with Gasteiger partial charge in [0.05, 0.1) is 6.26 Å². The van der Waals surface area contributed by atoms with Crippen molar-refractivity contribution in [3.63, 3.8) is 0 Å². The van der Waals surface area contributed by atoms with Gasteiger partial charge in [0.1, 0.15) is 12.4 Å². The molecule has 1 aromatic heterocycles. The smallest absolute Gasteiger partial charge is 0.335 e. The quantitative estimate of drug-likeness (QED) is 0.808. The summed E-state index contributed by atoms with van der Waals surface area (Å²) in [5.74, 6) is -0.0929. The molecule has 1 aromatic rings. The van der Waals surface area contributed by atoms with Crippen molar-refractivity contribution in [1.29, 1.82) is 0 Å². The molecule has 0 aliphatic heterocycles. The predicted molar refractivity (Wildman–Crippen MR) is 52.3 cm³/mol. The molecule has 82 valence electrons. The first-order valence-electron chi connectivity index (χ1n) is 5.02. The van der Waals surface area contributed by atoms with E-state index in [1.165, 1.54) is 0 Å². The lowest BCUT2D eigenvalue weighted by atomic mass is 10.0.